The second kappa shape index (κ2) is 9.37. The lowest BCUT2D eigenvalue weighted by Crippen LogP contribution is -2.35. The number of H-pyrrole nitrogens is 1. The molecule has 0 saturated carbocycles. The number of rotatable bonds is 7. The molecule has 158 valence electrons. The van der Waals surface area contributed by atoms with Gasteiger partial charge in [0.05, 0.1) is 17.2 Å². The van der Waals surface area contributed by atoms with Crippen LogP contribution >= 0.6 is 11.8 Å². The molecule has 1 N–H and O–H groups in total. The van der Waals surface area contributed by atoms with Crippen molar-refractivity contribution < 1.29 is 4.74 Å². The highest BCUT2D eigenvalue weighted by molar-refractivity contribution is 7.99. The Kier molecular flexibility index (Phi) is 6.39. The van der Waals surface area contributed by atoms with Crippen LogP contribution in [0.5, 0.6) is 0 Å². The van der Waals surface area contributed by atoms with Gasteiger partial charge in [0.25, 0.3) is 5.56 Å². The molecule has 0 fully saturated rings. The molecule has 4 aromatic rings. The minimum atomic E-state index is -0.467. The van der Waals surface area contributed by atoms with Crippen molar-refractivity contribution in [2.75, 3.05) is 0 Å². The first-order chi connectivity index (χ1) is 15.0. The molecular weight excluding hydrogens is 408 g/mol. The van der Waals surface area contributed by atoms with Gasteiger partial charge in [0, 0.05) is 4.90 Å². The number of benzene rings is 3. The number of nitrogens with zero attached hydrogens (tertiary/aromatic N) is 1. The van der Waals surface area contributed by atoms with Gasteiger partial charge in [0.1, 0.15) is 6.73 Å². The van der Waals surface area contributed by atoms with Crippen LogP contribution in [-0.2, 0) is 18.1 Å². The molecule has 1 aromatic heterocycles. The normalized spacial score (nSPS) is 11.3. The Balaban J connectivity index is 1.75. The molecule has 4 rings (SSSR count). The zero-order valence-corrected chi connectivity index (χ0v) is 18.3. The zero-order chi connectivity index (χ0) is 21.8. The number of hydrogen-bond acceptors (Lipinski definition) is 4. The molecule has 0 aliphatic rings. The summed E-state index contributed by atoms with van der Waals surface area (Å²) in [5.41, 5.74) is 0.792. The van der Waals surface area contributed by atoms with E-state index in [9.17, 15) is 9.59 Å². The van der Waals surface area contributed by atoms with Crippen LogP contribution in [0.25, 0.3) is 10.8 Å². The van der Waals surface area contributed by atoms with Crippen molar-refractivity contribution >= 4 is 22.5 Å². The second-order valence-corrected chi connectivity index (χ2v) is 8.63. The van der Waals surface area contributed by atoms with Gasteiger partial charge in [-0.25, -0.2) is 4.79 Å². The summed E-state index contributed by atoms with van der Waals surface area (Å²) in [6, 6.07) is 23.9. The molecular formula is C25H24N2O3S. The Morgan fingerprint density at radius 1 is 0.935 bits per heavy atom. The van der Waals surface area contributed by atoms with Gasteiger partial charge < -0.3 is 4.74 Å². The average Bonchev–Trinajstić information content (AvgIpc) is 2.76. The maximum absolute atomic E-state index is 12.7. The van der Waals surface area contributed by atoms with Crippen LogP contribution in [-0.4, -0.2) is 9.55 Å². The molecule has 0 aliphatic carbocycles. The van der Waals surface area contributed by atoms with Crippen molar-refractivity contribution in [3.8, 4) is 0 Å². The second-order valence-electron chi connectivity index (χ2n) is 7.60. The maximum Gasteiger partial charge on any atom is 0.331 e. The van der Waals surface area contributed by atoms with E-state index in [1.165, 1.54) is 16.3 Å². The maximum atomic E-state index is 12.7. The Morgan fingerprint density at radius 2 is 1.65 bits per heavy atom. The van der Waals surface area contributed by atoms with E-state index in [-0.39, 0.29) is 18.2 Å². The lowest BCUT2D eigenvalue weighted by Gasteiger charge is -2.18. The highest BCUT2D eigenvalue weighted by atomic mass is 32.2. The number of hydrogen-bond donors (Lipinski definition) is 1. The lowest BCUT2D eigenvalue weighted by molar-refractivity contribution is 0.0549. The van der Waals surface area contributed by atoms with Gasteiger partial charge in [-0.1, -0.05) is 92.3 Å². The number of ether oxygens (including phenoxy) is 1. The molecule has 31 heavy (non-hydrogen) atoms. The van der Waals surface area contributed by atoms with Crippen LogP contribution < -0.4 is 11.2 Å². The molecule has 0 atom stereocenters. The van der Waals surface area contributed by atoms with E-state index in [2.05, 4.69) is 17.1 Å². The zero-order valence-electron chi connectivity index (χ0n) is 17.5. The van der Waals surface area contributed by atoms with Crippen LogP contribution in [0.15, 0.2) is 92.3 Å². The van der Waals surface area contributed by atoms with Crippen LogP contribution in [0, 0.1) is 0 Å². The fourth-order valence-corrected chi connectivity index (χ4v) is 4.86. The monoisotopic (exact) mass is 432 g/mol. The molecule has 0 unspecified atom stereocenters. The van der Waals surface area contributed by atoms with Crippen LogP contribution in [0.2, 0.25) is 0 Å². The Hall–Kier alpha value is -3.09. The molecule has 0 radical (unpaired) electrons. The van der Waals surface area contributed by atoms with E-state index in [4.69, 9.17) is 4.74 Å². The largest absolute Gasteiger partial charge is 0.356 e. The fourth-order valence-electron chi connectivity index (χ4n) is 3.52. The average molecular weight is 433 g/mol. The molecule has 0 saturated heterocycles. The van der Waals surface area contributed by atoms with E-state index >= 15 is 0 Å². The van der Waals surface area contributed by atoms with Crippen molar-refractivity contribution in [1.29, 1.82) is 0 Å². The Morgan fingerprint density at radius 3 is 2.42 bits per heavy atom. The highest BCUT2D eigenvalue weighted by Crippen LogP contribution is 2.35. The molecule has 0 bridgehead atoms. The third-order valence-electron chi connectivity index (χ3n) is 5.05. The first-order valence-electron chi connectivity index (χ1n) is 10.2. The van der Waals surface area contributed by atoms with Crippen molar-refractivity contribution in [3.05, 3.63) is 105 Å². The number of fused-ring (bicyclic) bond motifs is 1. The molecule has 0 spiro atoms. The molecule has 1 heterocycles. The quantitative estimate of drug-likeness (QED) is 0.411. The SMILES string of the molecule is CC(C)c1c(Sc2cccc3ccccc23)n(COCc2ccccc2)c(=O)[nH]c1=O. The Labute approximate surface area is 184 Å². The summed E-state index contributed by atoms with van der Waals surface area (Å²) in [6.45, 7) is 4.34. The van der Waals surface area contributed by atoms with Crippen molar-refractivity contribution in [3.63, 3.8) is 0 Å². The predicted octanol–water partition coefficient (Wildman–Crippen LogP) is 5.14. The van der Waals surface area contributed by atoms with Gasteiger partial charge in [-0.05, 0) is 28.3 Å². The number of aromatic amines is 1. The van der Waals surface area contributed by atoms with Gasteiger partial charge in [-0.2, -0.15) is 0 Å². The molecule has 5 nitrogen and oxygen atoms in total. The first kappa shape index (κ1) is 21.2. The summed E-state index contributed by atoms with van der Waals surface area (Å²) >= 11 is 1.44. The number of aromatic nitrogens is 2. The lowest BCUT2D eigenvalue weighted by atomic mass is 10.1. The summed E-state index contributed by atoms with van der Waals surface area (Å²) < 4.78 is 7.37. The van der Waals surface area contributed by atoms with E-state index in [0.29, 0.717) is 17.2 Å². The summed E-state index contributed by atoms with van der Waals surface area (Å²) in [7, 11) is 0. The standard InChI is InChI=1S/C25H24N2O3S/c1-17(2)22-23(28)26-25(29)27(16-30-15-18-9-4-3-5-10-18)24(22)31-21-14-8-12-19-11-6-7-13-20(19)21/h3-14,17H,15-16H2,1-2H3,(H,26,28,29). The van der Waals surface area contributed by atoms with Gasteiger partial charge in [-0.15, -0.1) is 0 Å². The van der Waals surface area contributed by atoms with E-state index < -0.39 is 5.69 Å². The first-order valence-corrected chi connectivity index (χ1v) is 11.0. The minimum absolute atomic E-state index is 0.0529. The fraction of sp³-hybridized carbons (Fsp3) is 0.200. The molecule has 0 amide bonds. The van der Waals surface area contributed by atoms with E-state index in [1.54, 1.807) is 0 Å². The van der Waals surface area contributed by atoms with Gasteiger partial charge in [0.15, 0.2) is 0 Å². The van der Waals surface area contributed by atoms with Gasteiger partial charge in [-0.3, -0.25) is 14.3 Å². The summed E-state index contributed by atoms with van der Waals surface area (Å²) in [5, 5.41) is 2.81. The summed E-state index contributed by atoms with van der Waals surface area (Å²) in [5.74, 6) is -0.0535. The highest BCUT2D eigenvalue weighted by Gasteiger charge is 2.19. The predicted molar refractivity (Wildman–Crippen MR) is 125 cm³/mol. The van der Waals surface area contributed by atoms with Crippen LogP contribution in [0.1, 0.15) is 30.9 Å². The van der Waals surface area contributed by atoms with E-state index in [1.807, 2.05) is 74.5 Å². The third kappa shape index (κ3) is 4.65. The minimum Gasteiger partial charge on any atom is -0.356 e. The van der Waals surface area contributed by atoms with Crippen molar-refractivity contribution in [1.82, 2.24) is 9.55 Å². The van der Waals surface area contributed by atoms with Crippen molar-refractivity contribution in [2.24, 2.45) is 0 Å². The summed E-state index contributed by atoms with van der Waals surface area (Å²) in [6.07, 6.45) is 0. The Bertz CT molecular complexity index is 1300. The smallest absolute Gasteiger partial charge is 0.331 e. The molecule has 6 heteroatoms. The van der Waals surface area contributed by atoms with E-state index in [0.717, 1.165) is 21.2 Å². The third-order valence-corrected chi connectivity index (χ3v) is 6.26. The van der Waals surface area contributed by atoms with Crippen LogP contribution in [0.4, 0.5) is 0 Å². The van der Waals surface area contributed by atoms with Gasteiger partial charge in [0.2, 0.25) is 0 Å². The van der Waals surface area contributed by atoms with Crippen molar-refractivity contribution in [2.45, 2.75) is 43.0 Å². The topological polar surface area (TPSA) is 64.1 Å². The van der Waals surface area contributed by atoms with Crippen LogP contribution in [0.3, 0.4) is 0 Å². The molecule has 3 aromatic carbocycles. The van der Waals surface area contributed by atoms with Gasteiger partial charge >= 0.3 is 5.69 Å². The molecule has 0 aliphatic heterocycles. The number of nitrogens with one attached hydrogen (secondary N) is 1. The summed E-state index contributed by atoms with van der Waals surface area (Å²) in [4.78, 5) is 28.9.